The van der Waals surface area contributed by atoms with Gasteiger partial charge in [-0.1, -0.05) is 13.3 Å². The molecule has 3 nitrogen and oxygen atoms in total. The van der Waals surface area contributed by atoms with Crippen molar-refractivity contribution in [2.45, 2.75) is 32.7 Å². The first-order valence-electron chi connectivity index (χ1n) is 5.12. The Morgan fingerprint density at radius 1 is 1.69 bits per heavy atom. The summed E-state index contributed by atoms with van der Waals surface area (Å²) in [5.74, 6) is 0.922. The number of carbonyl (C=O) groups is 1. The number of hydrogen-bond acceptors (Lipinski definition) is 2. The van der Waals surface area contributed by atoms with E-state index in [1.165, 1.54) is 0 Å². The van der Waals surface area contributed by atoms with Crippen LogP contribution in [0.2, 0.25) is 0 Å². The molecule has 0 bridgehead atoms. The Kier molecular flexibility index (Phi) is 3.72. The van der Waals surface area contributed by atoms with Gasteiger partial charge < -0.3 is 10.2 Å². The lowest BCUT2D eigenvalue weighted by molar-refractivity contribution is -0.127. The molecule has 0 aromatic rings. The average molecular weight is 184 g/mol. The summed E-state index contributed by atoms with van der Waals surface area (Å²) in [5.41, 5.74) is 0. The van der Waals surface area contributed by atoms with Crippen molar-refractivity contribution in [2.24, 2.45) is 5.92 Å². The average Bonchev–Trinajstić information content (AvgIpc) is 2.47. The van der Waals surface area contributed by atoms with E-state index in [0.29, 0.717) is 17.9 Å². The van der Waals surface area contributed by atoms with E-state index in [2.05, 4.69) is 19.2 Å². The monoisotopic (exact) mass is 184 g/mol. The van der Waals surface area contributed by atoms with Gasteiger partial charge in [-0.2, -0.15) is 0 Å². The van der Waals surface area contributed by atoms with E-state index in [-0.39, 0.29) is 0 Å². The second-order valence-electron chi connectivity index (χ2n) is 3.97. The van der Waals surface area contributed by atoms with E-state index >= 15 is 0 Å². The molecule has 1 heterocycles. The first kappa shape index (κ1) is 10.5. The molecule has 76 valence electrons. The van der Waals surface area contributed by atoms with Gasteiger partial charge in [0.25, 0.3) is 0 Å². The van der Waals surface area contributed by atoms with Gasteiger partial charge in [0.2, 0.25) is 5.91 Å². The fourth-order valence-corrected chi connectivity index (χ4v) is 1.73. The minimum absolute atomic E-state index is 0.328. The van der Waals surface area contributed by atoms with Gasteiger partial charge in [-0.25, -0.2) is 0 Å². The highest BCUT2D eigenvalue weighted by Crippen LogP contribution is 2.20. The van der Waals surface area contributed by atoms with Crippen LogP contribution < -0.4 is 5.32 Å². The van der Waals surface area contributed by atoms with Crippen molar-refractivity contribution in [3.05, 3.63) is 0 Å². The van der Waals surface area contributed by atoms with Crippen LogP contribution >= 0.6 is 0 Å². The Bertz CT molecular complexity index is 182. The number of likely N-dealkylation sites (tertiary alicyclic amines) is 1. The standard InChI is InChI=1S/C10H20N2O/c1-4-9-5-10(13)12(7-9)6-8(2)11-3/h8-9,11H,4-7H2,1-3H3. The minimum Gasteiger partial charge on any atom is -0.341 e. The van der Waals surface area contributed by atoms with Crippen molar-refractivity contribution in [2.75, 3.05) is 20.1 Å². The number of amides is 1. The third-order valence-electron chi connectivity index (χ3n) is 2.86. The van der Waals surface area contributed by atoms with Crippen LogP contribution in [0, 0.1) is 5.92 Å². The molecule has 1 fully saturated rings. The highest BCUT2D eigenvalue weighted by molar-refractivity contribution is 5.78. The van der Waals surface area contributed by atoms with E-state index in [1.54, 1.807) is 0 Å². The van der Waals surface area contributed by atoms with E-state index in [0.717, 1.165) is 25.9 Å². The van der Waals surface area contributed by atoms with Gasteiger partial charge in [0, 0.05) is 25.6 Å². The lowest BCUT2D eigenvalue weighted by Crippen LogP contribution is -2.38. The summed E-state index contributed by atoms with van der Waals surface area (Å²) in [6.45, 7) is 6.07. The number of hydrogen-bond donors (Lipinski definition) is 1. The molecule has 2 unspecified atom stereocenters. The molecule has 0 saturated carbocycles. The minimum atomic E-state index is 0.328. The largest absolute Gasteiger partial charge is 0.341 e. The molecule has 1 N–H and O–H groups in total. The number of likely N-dealkylation sites (N-methyl/N-ethyl adjacent to an activating group) is 1. The van der Waals surface area contributed by atoms with E-state index in [4.69, 9.17) is 0 Å². The molecule has 0 aliphatic carbocycles. The predicted molar refractivity (Wildman–Crippen MR) is 53.5 cm³/mol. The van der Waals surface area contributed by atoms with Crippen LogP contribution in [0.1, 0.15) is 26.7 Å². The third kappa shape index (κ3) is 2.69. The Morgan fingerprint density at radius 2 is 2.38 bits per heavy atom. The number of nitrogens with one attached hydrogen (secondary N) is 1. The van der Waals surface area contributed by atoms with Crippen LogP contribution in [-0.4, -0.2) is 37.0 Å². The summed E-state index contributed by atoms with van der Waals surface area (Å²) in [7, 11) is 1.93. The van der Waals surface area contributed by atoms with Crippen LogP contribution in [0.4, 0.5) is 0 Å². The third-order valence-corrected chi connectivity index (χ3v) is 2.86. The van der Waals surface area contributed by atoms with Crippen molar-refractivity contribution >= 4 is 5.91 Å². The van der Waals surface area contributed by atoms with Crippen LogP contribution in [0.3, 0.4) is 0 Å². The molecule has 3 heteroatoms. The molecule has 2 atom stereocenters. The highest BCUT2D eigenvalue weighted by atomic mass is 16.2. The van der Waals surface area contributed by atoms with Gasteiger partial charge in [-0.15, -0.1) is 0 Å². The summed E-state index contributed by atoms with van der Waals surface area (Å²) >= 11 is 0. The quantitative estimate of drug-likeness (QED) is 0.702. The molecule has 0 aromatic carbocycles. The first-order chi connectivity index (χ1) is 6.17. The van der Waals surface area contributed by atoms with Gasteiger partial charge in [0.15, 0.2) is 0 Å². The zero-order valence-electron chi connectivity index (χ0n) is 8.84. The summed E-state index contributed by atoms with van der Waals surface area (Å²) in [6.07, 6.45) is 1.88. The molecule has 0 radical (unpaired) electrons. The van der Waals surface area contributed by atoms with Crippen molar-refractivity contribution in [1.29, 1.82) is 0 Å². The molecule has 1 amide bonds. The summed E-state index contributed by atoms with van der Waals surface area (Å²) in [5, 5.41) is 3.15. The van der Waals surface area contributed by atoms with Gasteiger partial charge in [-0.05, 0) is 19.9 Å². The second-order valence-corrected chi connectivity index (χ2v) is 3.97. The maximum atomic E-state index is 11.5. The molecular weight excluding hydrogens is 164 g/mol. The van der Waals surface area contributed by atoms with Crippen molar-refractivity contribution in [1.82, 2.24) is 10.2 Å². The molecule has 1 aliphatic heterocycles. The fraction of sp³-hybridized carbons (Fsp3) is 0.900. The van der Waals surface area contributed by atoms with Crippen molar-refractivity contribution in [3.63, 3.8) is 0 Å². The zero-order chi connectivity index (χ0) is 9.84. The molecule has 1 saturated heterocycles. The smallest absolute Gasteiger partial charge is 0.222 e. The normalized spacial score (nSPS) is 25.3. The van der Waals surface area contributed by atoms with E-state index in [9.17, 15) is 4.79 Å². The summed E-state index contributed by atoms with van der Waals surface area (Å²) in [4.78, 5) is 13.5. The highest BCUT2D eigenvalue weighted by Gasteiger charge is 2.28. The molecule has 1 aliphatic rings. The lowest BCUT2D eigenvalue weighted by Gasteiger charge is -2.20. The van der Waals surface area contributed by atoms with Gasteiger partial charge in [-0.3, -0.25) is 4.79 Å². The topological polar surface area (TPSA) is 32.3 Å². The van der Waals surface area contributed by atoms with Crippen molar-refractivity contribution < 1.29 is 4.79 Å². The van der Waals surface area contributed by atoms with Crippen LogP contribution in [0.15, 0.2) is 0 Å². The fourth-order valence-electron chi connectivity index (χ4n) is 1.73. The molecule has 0 aromatic heterocycles. The maximum absolute atomic E-state index is 11.5. The van der Waals surface area contributed by atoms with E-state index < -0.39 is 0 Å². The van der Waals surface area contributed by atoms with E-state index in [1.807, 2.05) is 11.9 Å². The number of carbonyl (C=O) groups excluding carboxylic acids is 1. The lowest BCUT2D eigenvalue weighted by atomic mass is 10.1. The summed E-state index contributed by atoms with van der Waals surface area (Å²) in [6, 6.07) is 0.402. The molecule has 1 rings (SSSR count). The zero-order valence-corrected chi connectivity index (χ0v) is 8.84. The van der Waals surface area contributed by atoms with Gasteiger partial charge >= 0.3 is 0 Å². The number of rotatable bonds is 4. The van der Waals surface area contributed by atoms with Crippen LogP contribution in [0.25, 0.3) is 0 Å². The van der Waals surface area contributed by atoms with Crippen LogP contribution in [-0.2, 0) is 4.79 Å². The Hall–Kier alpha value is -0.570. The van der Waals surface area contributed by atoms with Crippen LogP contribution in [0.5, 0.6) is 0 Å². The number of nitrogens with zero attached hydrogens (tertiary/aromatic N) is 1. The molecular formula is C10H20N2O. The maximum Gasteiger partial charge on any atom is 0.222 e. The Balaban J connectivity index is 2.39. The molecule has 13 heavy (non-hydrogen) atoms. The SMILES string of the molecule is CCC1CC(=O)N(CC(C)NC)C1. The first-order valence-corrected chi connectivity index (χ1v) is 5.12. The molecule has 0 spiro atoms. The summed E-state index contributed by atoms with van der Waals surface area (Å²) < 4.78 is 0. The predicted octanol–water partition coefficient (Wildman–Crippen LogP) is 0.853. The van der Waals surface area contributed by atoms with Crippen molar-refractivity contribution in [3.8, 4) is 0 Å². The Labute approximate surface area is 80.5 Å². The Morgan fingerprint density at radius 3 is 2.85 bits per heavy atom. The van der Waals surface area contributed by atoms with Gasteiger partial charge in [0.05, 0.1) is 0 Å². The second kappa shape index (κ2) is 4.61. The van der Waals surface area contributed by atoms with Gasteiger partial charge in [0.1, 0.15) is 0 Å².